The summed E-state index contributed by atoms with van der Waals surface area (Å²) in [6.45, 7) is 12.5. The van der Waals surface area contributed by atoms with Crippen molar-refractivity contribution < 1.29 is 0 Å². The Morgan fingerprint density at radius 1 is 1.00 bits per heavy atom. The zero-order valence-electron chi connectivity index (χ0n) is 16.3. The van der Waals surface area contributed by atoms with Gasteiger partial charge in [0.15, 0.2) is 0 Å². The molecule has 142 valence electrons. The largest absolute Gasteiger partial charge is 0.345 e. The van der Waals surface area contributed by atoms with E-state index in [2.05, 4.69) is 21.8 Å². The third-order valence-corrected chi connectivity index (χ3v) is 6.15. The van der Waals surface area contributed by atoms with Gasteiger partial charge in [0.25, 0.3) is 0 Å². The maximum absolute atomic E-state index is 12.0. The Morgan fingerprint density at radius 3 is 2.44 bits per heavy atom. The number of likely N-dealkylation sites (tertiary alicyclic amines) is 2. The van der Waals surface area contributed by atoms with Gasteiger partial charge in [-0.15, -0.1) is 0 Å². The van der Waals surface area contributed by atoms with Crippen molar-refractivity contribution in [1.82, 2.24) is 24.1 Å². The summed E-state index contributed by atoms with van der Waals surface area (Å²) < 4.78 is 3.31. The molecule has 0 saturated carbocycles. The molecule has 1 aromatic heterocycles. The Labute approximate surface area is 151 Å². The fourth-order valence-electron chi connectivity index (χ4n) is 4.61. The van der Waals surface area contributed by atoms with Gasteiger partial charge in [-0.2, -0.15) is 5.10 Å². The molecule has 2 aliphatic heterocycles. The molecular weight excluding hydrogens is 314 g/mol. The highest BCUT2D eigenvalue weighted by Gasteiger charge is 2.26. The highest BCUT2D eigenvalue weighted by atomic mass is 16.2. The Hall–Kier alpha value is -1.14. The van der Waals surface area contributed by atoms with E-state index in [-0.39, 0.29) is 5.69 Å². The minimum Gasteiger partial charge on any atom is -0.303 e. The first-order chi connectivity index (χ1) is 12.1. The van der Waals surface area contributed by atoms with Crippen LogP contribution in [-0.2, 0) is 20.0 Å². The van der Waals surface area contributed by atoms with Gasteiger partial charge in [0.1, 0.15) is 5.82 Å². The third kappa shape index (κ3) is 4.53. The van der Waals surface area contributed by atoms with Gasteiger partial charge in [-0.25, -0.2) is 9.48 Å². The second-order valence-electron chi connectivity index (χ2n) is 7.92. The van der Waals surface area contributed by atoms with Crippen LogP contribution in [0.5, 0.6) is 0 Å². The van der Waals surface area contributed by atoms with E-state index in [4.69, 9.17) is 0 Å². The van der Waals surface area contributed by atoms with Crippen LogP contribution in [-0.4, -0.2) is 63.4 Å². The van der Waals surface area contributed by atoms with E-state index in [1.54, 1.807) is 7.05 Å². The fraction of sp³-hybridized carbons (Fsp3) is 0.895. The van der Waals surface area contributed by atoms with Crippen LogP contribution < -0.4 is 5.69 Å². The van der Waals surface area contributed by atoms with E-state index < -0.39 is 0 Å². The second-order valence-corrected chi connectivity index (χ2v) is 7.92. The molecular formula is C19H35N5O. The van der Waals surface area contributed by atoms with Crippen molar-refractivity contribution in [1.29, 1.82) is 0 Å². The van der Waals surface area contributed by atoms with Crippen LogP contribution in [0.4, 0.5) is 0 Å². The second kappa shape index (κ2) is 8.49. The zero-order valence-corrected chi connectivity index (χ0v) is 16.3. The molecule has 2 fully saturated rings. The van der Waals surface area contributed by atoms with Crippen LogP contribution >= 0.6 is 0 Å². The molecule has 0 aromatic carbocycles. The molecule has 0 unspecified atom stereocenters. The first kappa shape index (κ1) is 18.6. The van der Waals surface area contributed by atoms with Crippen molar-refractivity contribution in [2.75, 3.05) is 39.3 Å². The first-order valence-electron chi connectivity index (χ1n) is 10.2. The van der Waals surface area contributed by atoms with E-state index in [9.17, 15) is 4.79 Å². The SMILES string of the molecule is CCN1CCC[C@H](CN2CCC(Cc3nn(C)c(=O)n3CC)CC2)C1. The smallest absolute Gasteiger partial charge is 0.303 e. The molecule has 25 heavy (non-hydrogen) atoms. The van der Waals surface area contributed by atoms with Crippen LogP contribution in [0, 0.1) is 11.8 Å². The predicted octanol–water partition coefficient (Wildman–Crippen LogP) is 1.59. The molecule has 3 rings (SSSR count). The van der Waals surface area contributed by atoms with Gasteiger partial charge in [0.2, 0.25) is 0 Å². The molecule has 0 N–H and O–H groups in total. The molecule has 0 aliphatic carbocycles. The maximum Gasteiger partial charge on any atom is 0.345 e. The highest BCUT2D eigenvalue weighted by Crippen LogP contribution is 2.24. The van der Waals surface area contributed by atoms with Gasteiger partial charge >= 0.3 is 5.69 Å². The monoisotopic (exact) mass is 349 g/mol. The average molecular weight is 350 g/mol. The van der Waals surface area contributed by atoms with Crippen molar-refractivity contribution in [3.63, 3.8) is 0 Å². The molecule has 3 heterocycles. The fourth-order valence-corrected chi connectivity index (χ4v) is 4.61. The van der Waals surface area contributed by atoms with E-state index in [1.165, 1.54) is 69.6 Å². The molecule has 0 spiro atoms. The molecule has 0 amide bonds. The number of hydrogen-bond acceptors (Lipinski definition) is 4. The van der Waals surface area contributed by atoms with Gasteiger partial charge in [-0.05, 0) is 70.6 Å². The summed E-state index contributed by atoms with van der Waals surface area (Å²) in [7, 11) is 1.75. The van der Waals surface area contributed by atoms with Crippen molar-refractivity contribution in [2.45, 2.75) is 52.5 Å². The highest BCUT2D eigenvalue weighted by molar-refractivity contribution is 4.91. The predicted molar refractivity (Wildman–Crippen MR) is 101 cm³/mol. The first-order valence-corrected chi connectivity index (χ1v) is 10.2. The normalized spacial score (nSPS) is 24.0. The number of aryl methyl sites for hydroxylation is 1. The zero-order chi connectivity index (χ0) is 17.8. The van der Waals surface area contributed by atoms with Crippen molar-refractivity contribution in [2.24, 2.45) is 18.9 Å². The van der Waals surface area contributed by atoms with Gasteiger partial charge < -0.3 is 9.80 Å². The van der Waals surface area contributed by atoms with Crippen LogP contribution in [0.1, 0.15) is 45.4 Å². The number of rotatable bonds is 6. The number of nitrogens with zero attached hydrogens (tertiary/aromatic N) is 5. The standard InChI is InChI=1S/C19H35N5O/c1-4-22-10-6-7-17(14-22)15-23-11-8-16(9-12-23)13-18-20-21(3)19(25)24(18)5-2/h16-17H,4-15H2,1-3H3/t17-/m0/s1. The van der Waals surface area contributed by atoms with Gasteiger partial charge in [-0.3, -0.25) is 4.57 Å². The summed E-state index contributed by atoms with van der Waals surface area (Å²) >= 11 is 0. The minimum absolute atomic E-state index is 0.0210. The van der Waals surface area contributed by atoms with Gasteiger partial charge in [0.05, 0.1) is 0 Å². The Morgan fingerprint density at radius 2 is 1.76 bits per heavy atom. The molecule has 1 aromatic rings. The number of hydrogen-bond donors (Lipinski definition) is 0. The molecule has 1 atom stereocenters. The Balaban J connectivity index is 1.47. The number of aromatic nitrogens is 3. The van der Waals surface area contributed by atoms with E-state index in [0.717, 1.165) is 24.7 Å². The van der Waals surface area contributed by atoms with E-state index >= 15 is 0 Å². The van der Waals surface area contributed by atoms with Crippen molar-refractivity contribution >= 4 is 0 Å². The van der Waals surface area contributed by atoms with Gasteiger partial charge in [-0.1, -0.05) is 6.92 Å². The summed E-state index contributed by atoms with van der Waals surface area (Å²) in [5, 5.41) is 4.45. The van der Waals surface area contributed by atoms with Crippen molar-refractivity contribution in [3.8, 4) is 0 Å². The summed E-state index contributed by atoms with van der Waals surface area (Å²) in [6.07, 6.45) is 6.18. The van der Waals surface area contributed by atoms with Crippen LogP contribution in [0.2, 0.25) is 0 Å². The Bertz CT molecular complexity index is 599. The molecule has 2 aliphatic rings. The quantitative estimate of drug-likeness (QED) is 0.782. The minimum atomic E-state index is 0.0210. The molecule has 2 saturated heterocycles. The van der Waals surface area contributed by atoms with Crippen LogP contribution in [0.15, 0.2) is 4.79 Å². The van der Waals surface area contributed by atoms with Crippen molar-refractivity contribution in [3.05, 3.63) is 16.3 Å². The van der Waals surface area contributed by atoms with Crippen LogP contribution in [0.25, 0.3) is 0 Å². The Kier molecular flexibility index (Phi) is 6.34. The van der Waals surface area contributed by atoms with Gasteiger partial charge in [0, 0.05) is 33.1 Å². The summed E-state index contributed by atoms with van der Waals surface area (Å²) in [6, 6.07) is 0. The lowest BCUT2D eigenvalue weighted by Crippen LogP contribution is -2.43. The molecule has 6 nitrogen and oxygen atoms in total. The molecule has 0 radical (unpaired) electrons. The number of piperidine rings is 2. The third-order valence-electron chi connectivity index (χ3n) is 6.15. The summed E-state index contributed by atoms with van der Waals surface area (Å²) in [4.78, 5) is 17.3. The lowest BCUT2D eigenvalue weighted by molar-refractivity contribution is 0.112. The van der Waals surface area contributed by atoms with E-state index in [0.29, 0.717) is 5.92 Å². The lowest BCUT2D eigenvalue weighted by Gasteiger charge is -2.38. The topological polar surface area (TPSA) is 46.3 Å². The maximum atomic E-state index is 12.0. The average Bonchev–Trinajstić information content (AvgIpc) is 2.90. The molecule has 0 bridgehead atoms. The lowest BCUT2D eigenvalue weighted by atomic mass is 9.91. The van der Waals surface area contributed by atoms with Crippen LogP contribution in [0.3, 0.4) is 0 Å². The summed E-state index contributed by atoms with van der Waals surface area (Å²) in [5.41, 5.74) is 0.0210. The molecule has 6 heteroatoms. The summed E-state index contributed by atoms with van der Waals surface area (Å²) in [5.74, 6) is 2.49. The van der Waals surface area contributed by atoms with E-state index in [1.807, 2.05) is 11.5 Å².